The largest absolute Gasteiger partial charge is 0.378 e. The van der Waals surface area contributed by atoms with Crippen LogP contribution in [0.1, 0.15) is 44.6 Å². The van der Waals surface area contributed by atoms with Crippen molar-refractivity contribution in [1.29, 1.82) is 0 Å². The number of nitrogens with one attached hydrogen (secondary N) is 2. The molecule has 0 heterocycles. The first kappa shape index (κ1) is 17.7. The fourth-order valence-corrected chi connectivity index (χ4v) is 2.69. The maximum absolute atomic E-state index is 12.9. The number of hydrogen-bond donors (Lipinski definition) is 2. The molecule has 1 saturated carbocycles. The molecule has 0 saturated heterocycles. The van der Waals surface area contributed by atoms with Gasteiger partial charge in [-0.15, -0.1) is 0 Å². The first-order valence-electron chi connectivity index (χ1n) is 8.66. The van der Waals surface area contributed by atoms with Crippen molar-refractivity contribution in [2.24, 2.45) is 4.99 Å². The van der Waals surface area contributed by atoms with Crippen molar-refractivity contribution in [3.8, 4) is 0 Å². The molecule has 0 unspecified atom stereocenters. The molecule has 0 bridgehead atoms. The minimum absolute atomic E-state index is 0.218. The Morgan fingerprint density at radius 1 is 1.22 bits per heavy atom. The summed E-state index contributed by atoms with van der Waals surface area (Å²) in [4.78, 5) is 4.52. The van der Waals surface area contributed by atoms with E-state index in [4.69, 9.17) is 4.74 Å². The number of guanidine groups is 1. The van der Waals surface area contributed by atoms with Crippen LogP contribution in [-0.2, 0) is 11.3 Å². The van der Waals surface area contributed by atoms with Gasteiger partial charge in [-0.3, -0.25) is 0 Å². The summed E-state index contributed by atoms with van der Waals surface area (Å²) in [5.74, 6) is 0.572. The van der Waals surface area contributed by atoms with Gasteiger partial charge in [-0.1, -0.05) is 25.0 Å². The van der Waals surface area contributed by atoms with Crippen molar-refractivity contribution >= 4 is 5.96 Å². The fraction of sp³-hybridized carbons (Fsp3) is 0.611. The lowest BCUT2D eigenvalue weighted by Crippen LogP contribution is -2.38. The van der Waals surface area contributed by atoms with Crippen LogP contribution in [0.5, 0.6) is 0 Å². The molecular formula is C18H28FN3O. The van der Waals surface area contributed by atoms with E-state index in [1.807, 2.05) is 6.92 Å². The van der Waals surface area contributed by atoms with Crippen molar-refractivity contribution in [3.05, 3.63) is 35.6 Å². The van der Waals surface area contributed by atoms with Gasteiger partial charge >= 0.3 is 0 Å². The molecule has 5 heteroatoms. The highest BCUT2D eigenvalue weighted by atomic mass is 19.1. The van der Waals surface area contributed by atoms with Crippen molar-refractivity contribution in [2.75, 3.05) is 19.7 Å². The van der Waals surface area contributed by atoms with Gasteiger partial charge in [0.15, 0.2) is 5.96 Å². The summed E-state index contributed by atoms with van der Waals surface area (Å²) in [6.07, 6.45) is 6.50. The molecule has 0 aromatic heterocycles. The quantitative estimate of drug-likeness (QED) is 0.439. The average molecular weight is 321 g/mol. The third kappa shape index (κ3) is 6.99. The second-order valence-electron chi connectivity index (χ2n) is 5.88. The second-order valence-corrected chi connectivity index (χ2v) is 5.88. The number of nitrogens with zero attached hydrogens (tertiary/aromatic N) is 1. The number of benzene rings is 1. The smallest absolute Gasteiger partial charge is 0.191 e. The van der Waals surface area contributed by atoms with E-state index in [2.05, 4.69) is 15.6 Å². The zero-order valence-corrected chi connectivity index (χ0v) is 14.0. The van der Waals surface area contributed by atoms with Crippen LogP contribution >= 0.6 is 0 Å². The molecular weight excluding hydrogens is 293 g/mol. The third-order valence-electron chi connectivity index (χ3n) is 3.95. The van der Waals surface area contributed by atoms with E-state index in [0.717, 1.165) is 37.6 Å². The van der Waals surface area contributed by atoms with Gasteiger partial charge in [-0.2, -0.15) is 0 Å². The lowest BCUT2D eigenvalue weighted by Gasteiger charge is -2.13. The predicted octanol–water partition coefficient (Wildman–Crippen LogP) is 3.23. The van der Waals surface area contributed by atoms with Gasteiger partial charge in [-0.05, 0) is 43.9 Å². The Morgan fingerprint density at radius 2 is 1.96 bits per heavy atom. The van der Waals surface area contributed by atoms with Crippen LogP contribution in [0.15, 0.2) is 29.3 Å². The highest BCUT2D eigenvalue weighted by Crippen LogP contribution is 2.20. The Hall–Kier alpha value is -1.62. The lowest BCUT2D eigenvalue weighted by atomic mass is 10.2. The summed E-state index contributed by atoms with van der Waals surface area (Å²) in [6, 6.07) is 6.45. The standard InChI is InChI=1S/C18H28FN3O/c1-2-20-18(22-14-15-8-10-16(19)11-9-15)21-12-5-13-23-17-6-3-4-7-17/h8-11,17H,2-7,12-14H2,1H3,(H2,20,21,22). The van der Waals surface area contributed by atoms with Gasteiger partial charge in [0.2, 0.25) is 0 Å². The summed E-state index contributed by atoms with van der Waals surface area (Å²) >= 11 is 0. The molecule has 4 nitrogen and oxygen atoms in total. The minimum atomic E-state index is -0.218. The number of halogens is 1. The summed E-state index contributed by atoms with van der Waals surface area (Å²) in [7, 11) is 0. The Labute approximate surface area is 138 Å². The molecule has 0 spiro atoms. The van der Waals surface area contributed by atoms with Crippen molar-refractivity contribution in [1.82, 2.24) is 10.6 Å². The average Bonchev–Trinajstić information content (AvgIpc) is 3.07. The highest BCUT2D eigenvalue weighted by Gasteiger charge is 2.14. The van der Waals surface area contributed by atoms with Gasteiger partial charge in [0.25, 0.3) is 0 Å². The molecule has 1 aliphatic rings. The maximum Gasteiger partial charge on any atom is 0.191 e. The zero-order chi connectivity index (χ0) is 16.3. The van der Waals surface area contributed by atoms with Crippen molar-refractivity contribution in [3.63, 3.8) is 0 Å². The molecule has 2 N–H and O–H groups in total. The summed E-state index contributed by atoms with van der Waals surface area (Å²) in [6.45, 7) is 5.03. The van der Waals surface area contributed by atoms with Crippen LogP contribution in [0.2, 0.25) is 0 Å². The number of ether oxygens (including phenoxy) is 1. The number of hydrogen-bond acceptors (Lipinski definition) is 2. The Kier molecular flexibility index (Phi) is 7.87. The van der Waals surface area contributed by atoms with Gasteiger partial charge in [-0.25, -0.2) is 9.38 Å². The van der Waals surface area contributed by atoms with Crippen LogP contribution in [0.4, 0.5) is 4.39 Å². The van der Waals surface area contributed by atoms with E-state index in [-0.39, 0.29) is 5.82 Å². The SMILES string of the molecule is CCNC(=NCc1ccc(F)cc1)NCCCOC1CCCC1. The van der Waals surface area contributed by atoms with E-state index in [1.165, 1.54) is 37.8 Å². The number of rotatable bonds is 8. The molecule has 1 aromatic rings. The van der Waals surface area contributed by atoms with Gasteiger partial charge < -0.3 is 15.4 Å². The molecule has 0 aliphatic heterocycles. The van der Waals surface area contributed by atoms with E-state index in [0.29, 0.717) is 12.6 Å². The van der Waals surface area contributed by atoms with Crippen LogP contribution in [0, 0.1) is 5.82 Å². The second kappa shape index (κ2) is 10.2. The third-order valence-corrected chi connectivity index (χ3v) is 3.95. The van der Waals surface area contributed by atoms with Crippen LogP contribution < -0.4 is 10.6 Å². The Bertz CT molecular complexity index is 470. The van der Waals surface area contributed by atoms with E-state index in [9.17, 15) is 4.39 Å². The van der Waals surface area contributed by atoms with Crippen LogP contribution in [0.25, 0.3) is 0 Å². The summed E-state index contributed by atoms with van der Waals surface area (Å²) in [5.41, 5.74) is 0.994. The molecule has 128 valence electrons. The monoisotopic (exact) mass is 321 g/mol. The van der Waals surface area contributed by atoms with Crippen molar-refractivity contribution in [2.45, 2.75) is 51.7 Å². The topological polar surface area (TPSA) is 45.7 Å². The molecule has 0 amide bonds. The van der Waals surface area contributed by atoms with E-state index >= 15 is 0 Å². The highest BCUT2D eigenvalue weighted by molar-refractivity contribution is 5.79. The molecule has 0 atom stereocenters. The molecule has 1 fully saturated rings. The van der Waals surface area contributed by atoms with Gasteiger partial charge in [0.1, 0.15) is 5.82 Å². The Morgan fingerprint density at radius 3 is 2.65 bits per heavy atom. The maximum atomic E-state index is 12.9. The molecule has 1 aromatic carbocycles. The number of aliphatic imine (C=N–C) groups is 1. The lowest BCUT2D eigenvalue weighted by molar-refractivity contribution is 0.0574. The predicted molar refractivity (Wildman–Crippen MR) is 92.0 cm³/mol. The first-order valence-corrected chi connectivity index (χ1v) is 8.66. The molecule has 23 heavy (non-hydrogen) atoms. The first-order chi connectivity index (χ1) is 11.3. The van der Waals surface area contributed by atoms with E-state index in [1.54, 1.807) is 12.1 Å². The molecule has 1 aliphatic carbocycles. The minimum Gasteiger partial charge on any atom is -0.378 e. The van der Waals surface area contributed by atoms with Gasteiger partial charge in [0.05, 0.1) is 12.6 Å². The van der Waals surface area contributed by atoms with Crippen LogP contribution in [0.3, 0.4) is 0 Å². The Balaban J connectivity index is 1.67. The molecule has 2 rings (SSSR count). The van der Waals surface area contributed by atoms with Crippen LogP contribution in [-0.4, -0.2) is 31.8 Å². The van der Waals surface area contributed by atoms with Gasteiger partial charge in [0, 0.05) is 19.7 Å². The van der Waals surface area contributed by atoms with E-state index < -0.39 is 0 Å². The van der Waals surface area contributed by atoms with Crippen molar-refractivity contribution < 1.29 is 9.13 Å². The summed E-state index contributed by atoms with van der Waals surface area (Å²) in [5, 5.41) is 6.53. The zero-order valence-electron chi connectivity index (χ0n) is 14.0. The fourth-order valence-electron chi connectivity index (χ4n) is 2.69. The summed E-state index contributed by atoms with van der Waals surface area (Å²) < 4.78 is 18.7. The molecule has 0 radical (unpaired) electrons. The normalized spacial score (nSPS) is 15.8.